The smallest absolute Gasteiger partial charge is 0.325 e. The Labute approximate surface area is 153 Å². The molecule has 0 aliphatic carbocycles. The molecule has 0 spiro atoms. The van der Waals surface area contributed by atoms with Gasteiger partial charge in [-0.3, -0.25) is 4.79 Å². The maximum atomic E-state index is 13.4. The van der Waals surface area contributed by atoms with E-state index in [1.807, 2.05) is 34.9 Å². The number of esters is 1. The van der Waals surface area contributed by atoms with E-state index < -0.39 is 0 Å². The minimum absolute atomic E-state index is 0.155. The Morgan fingerprint density at radius 3 is 2.31 bits per heavy atom. The van der Waals surface area contributed by atoms with Crippen LogP contribution in [0.15, 0.2) is 60.7 Å². The Bertz CT molecular complexity index is 883. The quantitative estimate of drug-likeness (QED) is 0.580. The van der Waals surface area contributed by atoms with Gasteiger partial charge in [0, 0.05) is 11.3 Å². The van der Waals surface area contributed by atoms with Crippen LogP contribution in [0.1, 0.15) is 19.5 Å². The number of aryl methyl sites for hydroxylation is 1. The summed E-state index contributed by atoms with van der Waals surface area (Å²) >= 11 is 0. The number of ether oxygens (including phenoxy) is 1. The van der Waals surface area contributed by atoms with Crippen LogP contribution < -0.4 is 0 Å². The first kappa shape index (κ1) is 17.9. The van der Waals surface area contributed by atoms with Gasteiger partial charge in [0.15, 0.2) is 0 Å². The normalized spacial score (nSPS) is 10.7. The van der Waals surface area contributed by atoms with Crippen LogP contribution in [0, 0.1) is 5.82 Å². The van der Waals surface area contributed by atoms with Crippen molar-refractivity contribution in [2.45, 2.75) is 26.8 Å². The fraction of sp³-hybridized carbons (Fsp3) is 0.227. The van der Waals surface area contributed by atoms with Crippen molar-refractivity contribution in [3.8, 4) is 22.4 Å². The maximum Gasteiger partial charge on any atom is 0.325 e. The van der Waals surface area contributed by atoms with E-state index in [0.29, 0.717) is 6.61 Å². The van der Waals surface area contributed by atoms with Gasteiger partial charge in [-0.2, -0.15) is 0 Å². The number of benzene rings is 2. The van der Waals surface area contributed by atoms with Gasteiger partial charge in [0.25, 0.3) is 0 Å². The second-order valence-electron chi connectivity index (χ2n) is 6.02. The fourth-order valence-corrected chi connectivity index (χ4v) is 3.17. The monoisotopic (exact) mass is 351 g/mol. The minimum atomic E-state index is -0.267. The number of carbonyl (C=O) groups excluding carboxylic acids is 1. The summed E-state index contributed by atoms with van der Waals surface area (Å²) in [5.41, 5.74) is 4.90. The number of rotatable bonds is 6. The lowest BCUT2D eigenvalue weighted by molar-refractivity contribution is -0.143. The van der Waals surface area contributed by atoms with Crippen molar-refractivity contribution in [2.75, 3.05) is 6.61 Å². The van der Waals surface area contributed by atoms with Gasteiger partial charge in [0.05, 0.1) is 12.3 Å². The first-order chi connectivity index (χ1) is 12.6. The molecule has 1 heterocycles. The molecule has 26 heavy (non-hydrogen) atoms. The van der Waals surface area contributed by atoms with Crippen LogP contribution in [0.4, 0.5) is 4.39 Å². The zero-order chi connectivity index (χ0) is 18.5. The summed E-state index contributed by atoms with van der Waals surface area (Å²) < 4.78 is 20.5. The standard InChI is InChI=1S/C22H22FNO2/c1-3-19-14-20(16-10-12-18(23)13-11-16)22(17-8-6-5-7-9-17)24(19)15-21(25)26-4-2/h5-14H,3-4,15H2,1-2H3. The third kappa shape index (κ3) is 3.69. The highest BCUT2D eigenvalue weighted by molar-refractivity contribution is 5.84. The van der Waals surface area contributed by atoms with E-state index in [1.54, 1.807) is 19.1 Å². The molecule has 0 atom stereocenters. The molecule has 0 fully saturated rings. The van der Waals surface area contributed by atoms with Crippen LogP contribution in [0.2, 0.25) is 0 Å². The van der Waals surface area contributed by atoms with Crippen molar-refractivity contribution in [3.63, 3.8) is 0 Å². The van der Waals surface area contributed by atoms with E-state index in [2.05, 4.69) is 13.0 Å². The maximum absolute atomic E-state index is 13.4. The van der Waals surface area contributed by atoms with Crippen LogP contribution in [0.5, 0.6) is 0 Å². The zero-order valence-corrected chi connectivity index (χ0v) is 15.0. The molecule has 0 aliphatic rings. The molecule has 0 saturated carbocycles. The van der Waals surface area contributed by atoms with Crippen molar-refractivity contribution < 1.29 is 13.9 Å². The highest BCUT2D eigenvalue weighted by Gasteiger charge is 2.19. The average molecular weight is 351 g/mol. The molecule has 4 heteroatoms. The predicted molar refractivity (Wildman–Crippen MR) is 101 cm³/mol. The lowest BCUT2D eigenvalue weighted by Gasteiger charge is -2.14. The van der Waals surface area contributed by atoms with Crippen molar-refractivity contribution in [1.82, 2.24) is 4.57 Å². The van der Waals surface area contributed by atoms with Gasteiger partial charge in [-0.25, -0.2) is 4.39 Å². The van der Waals surface area contributed by atoms with Crippen LogP contribution in [-0.4, -0.2) is 17.1 Å². The van der Waals surface area contributed by atoms with E-state index >= 15 is 0 Å². The van der Waals surface area contributed by atoms with Crippen molar-refractivity contribution in [1.29, 1.82) is 0 Å². The van der Waals surface area contributed by atoms with Gasteiger partial charge >= 0.3 is 5.97 Å². The first-order valence-electron chi connectivity index (χ1n) is 8.83. The number of nitrogens with zero attached hydrogens (tertiary/aromatic N) is 1. The topological polar surface area (TPSA) is 31.2 Å². The molecule has 2 aromatic carbocycles. The summed E-state index contributed by atoms with van der Waals surface area (Å²) in [6.07, 6.45) is 0.778. The summed E-state index contributed by atoms with van der Waals surface area (Å²) in [5, 5.41) is 0. The number of hydrogen-bond donors (Lipinski definition) is 0. The van der Waals surface area contributed by atoms with Gasteiger partial charge < -0.3 is 9.30 Å². The first-order valence-corrected chi connectivity index (χ1v) is 8.83. The summed E-state index contributed by atoms with van der Waals surface area (Å²) in [5.74, 6) is -0.530. The van der Waals surface area contributed by atoms with Crippen molar-refractivity contribution in [2.24, 2.45) is 0 Å². The number of hydrogen-bond acceptors (Lipinski definition) is 2. The van der Waals surface area contributed by atoms with Gasteiger partial charge in [0.2, 0.25) is 0 Å². The molecule has 0 radical (unpaired) electrons. The summed E-state index contributed by atoms with van der Waals surface area (Å²) in [7, 11) is 0. The minimum Gasteiger partial charge on any atom is -0.465 e. The molecular formula is C22H22FNO2. The number of halogens is 1. The Balaban J connectivity index is 2.19. The Morgan fingerprint density at radius 1 is 1.00 bits per heavy atom. The molecule has 0 N–H and O–H groups in total. The Hall–Kier alpha value is -2.88. The Morgan fingerprint density at radius 2 is 1.69 bits per heavy atom. The van der Waals surface area contributed by atoms with E-state index in [4.69, 9.17) is 4.74 Å². The van der Waals surface area contributed by atoms with E-state index in [0.717, 1.165) is 34.5 Å². The van der Waals surface area contributed by atoms with E-state index in [-0.39, 0.29) is 18.3 Å². The molecule has 134 valence electrons. The third-order valence-electron chi connectivity index (χ3n) is 4.34. The SMILES string of the molecule is CCOC(=O)Cn1c(CC)cc(-c2ccc(F)cc2)c1-c1ccccc1. The van der Waals surface area contributed by atoms with Crippen LogP contribution in [-0.2, 0) is 22.5 Å². The van der Waals surface area contributed by atoms with Gasteiger partial charge in [0.1, 0.15) is 12.4 Å². The molecule has 0 saturated heterocycles. The van der Waals surface area contributed by atoms with Crippen molar-refractivity contribution in [3.05, 3.63) is 72.2 Å². The van der Waals surface area contributed by atoms with Gasteiger partial charge in [-0.05, 0) is 42.7 Å². The lowest BCUT2D eigenvalue weighted by atomic mass is 10.0. The second-order valence-corrected chi connectivity index (χ2v) is 6.02. The molecule has 1 aromatic heterocycles. The molecule has 0 unspecified atom stereocenters. The van der Waals surface area contributed by atoms with Crippen LogP contribution >= 0.6 is 0 Å². The molecule has 0 bridgehead atoms. The summed E-state index contributed by atoms with van der Waals surface area (Å²) in [6.45, 7) is 4.37. The van der Waals surface area contributed by atoms with E-state index in [9.17, 15) is 9.18 Å². The molecular weight excluding hydrogens is 329 g/mol. The highest BCUT2D eigenvalue weighted by Crippen LogP contribution is 2.35. The molecule has 3 rings (SSSR count). The largest absolute Gasteiger partial charge is 0.465 e. The van der Waals surface area contributed by atoms with Crippen LogP contribution in [0.25, 0.3) is 22.4 Å². The summed E-state index contributed by atoms with van der Waals surface area (Å²) in [4.78, 5) is 12.2. The van der Waals surface area contributed by atoms with Gasteiger partial charge in [-0.1, -0.05) is 49.4 Å². The second kappa shape index (κ2) is 8.00. The number of aromatic nitrogens is 1. The predicted octanol–water partition coefficient (Wildman–Crippen LogP) is 5.09. The third-order valence-corrected chi connectivity index (χ3v) is 4.34. The zero-order valence-electron chi connectivity index (χ0n) is 15.0. The fourth-order valence-electron chi connectivity index (χ4n) is 3.17. The molecule has 0 amide bonds. The van der Waals surface area contributed by atoms with E-state index in [1.165, 1.54) is 12.1 Å². The highest BCUT2D eigenvalue weighted by atomic mass is 19.1. The average Bonchev–Trinajstić information content (AvgIpc) is 3.01. The Kier molecular flexibility index (Phi) is 5.52. The lowest BCUT2D eigenvalue weighted by Crippen LogP contribution is -2.16. The summed E-state index contributed by atoms with van der Waals surface area (Å²) in [6, 6.07) is 18.5. The van der Waals surface area contributed by atoms with Crippen LogP contribution in [0.3, 0.4) is 0 Å². The molecule has 0 aliphatic heterocycles. The van der Waals surface area contributed by atoms with Gasteiger partial charge in [-0.15, -0.1) is 0 Å². The molecule has 3 nitrogen and oxygen atoms in total. The van der Waals surface area contributed by atoms with Crippen molar-refractivity contribution >= 4 is 5.97 Å². The molecule has 3 aromatic rings. The number of carbonyl (C=O) groups is 1.